The highest BCUT2D eigenvalue weighted by Crippen LogP contribution is 2.24. The molecule has 0 fully saturated rings. The molecular formula is C22H24N2O2. The van der Waals surface area contributed by atoms with Gasteiger partial charge in [0.1, 0.15) is 5.75 Å². The van der Waals surface area contributed by atoms with Gasteiger partial charge in [0, 0.05) is 23.5 Å². The smallest absolute Gasteiger partial charge is 0.253 e. The minimum Gasteiger partial charge on any atom is -0.496 e. The van der Waals surface area contributed by atoms with Crippen molar-refractivity contribution in [2.75, 3.05) is 7.11 Å². The third kappa shape index (κ3) is 3.64. The number of aromatic nitrogens is 1. The molecule has 0 aliphatic carbocycles. The molecule has 2 N–H and O–H groups in total. The molecule has 1 heterocycles. The van der Waals surface area contributed by atoms with Gasteiger partial charge in [0.05, 0.1) is 12.7 Å². The summed E-state index contributed by atoms with van der Waals surface area (Å²) in [4.78, 5) is 16.0. The van der Waals surface area contributed by atoms with Gasteiger partial charge in [0.2, 0.25) is 0 Å². The summed E-state index contributed by atoms with van der Waals surface area (Å²) in [6.45, 7) is 6.53. The summed E-state index contributed by atoms with van der Waals surface area (Å²) in [5, 5.41) is 2.98. The van der Waals surface area contributed by atoms with E-state index in [2.05, 4.69) is 42.3 Å². The molecule has 1 amide bonds. The molecular weight excluding hydrogens is 324 g/mol. The van der Waals surface area contributed by atoms with Crippen LogP contribution in [-0.4, -0.2) is 18.0 Å². The quantitative estimate of drug-likeness (QED) is 0.711. The number of H-pyrrole nitrogens is 1. The number of carbonyl (C=O) groups excluding carboxylic acids is 1. The number of aromatic amines is 1. The van der Waals surface area contributed by atoms with E-state index < -0.39 is 0 Å². The van der Waals surface area contributed by atoms with E-state index in [0.29, 0.717) is 12.1 Å². The van der Waals surface area contributed by atoms with Gasteiger partial charge in [0.15, 0.2) is 0 Å². The lowest BCUT2D eigenvalue weighted by Crippen LogP contribution is -2.23. The first-order valence-corrected chi connectivity index (χ1v) is 8.67. The number of aryl methyl sites for hydroxylation is 3. The molecule has 3 rings (SSSR count). The maximum absolute atomic E-state index is 12.6. The Morgan fingerprint density at radius 2 is 1.81 bits per heavy atom. The van der Waals surface area contributed by atoms with E-state index in [1.807, 2.05) is 37.3 Å². The molecule has 3 aromatic rings. The normalized spacial score (nSPS) is 10.6. The molecule has 0 bridgehead atoms. The third-order valence-corrected chi connectivity index (χ3v) is 4.71. The Morgan fingerprint density at radius 1 is 1.04 bits per heavy atom. The Kier molecular flexibility index (Phi) is 5.12. The average Bonchev–Trinajstić information content (AvgIpc) is 3.04. The molecule has 0 aliphatic rings. The van der Waals surface area contributed by atoms with Crippen LogP contribution in [0.5, 0.6) is 5.75 Å². The van der Waals surface area contributed by atoms with Gasteiger partial charge in [-0.25, -0.2) is 0 Å². The van der Waals surface area contributed by atoms with Crippen LogP contribution in [0.4, 0.5) is 0 Å². The maximum Gasteiger partial charge on any atom is 0.253 e. The minimum absolute atomic E-state index is 0.0975. The first-order chi connectivity index (χ1) is 12.5. The van der Waals surface area contributed by atoms with Crippen LogP contribution in [0.2, 0.25) is 0 Å². The van der Waals surface area contributed by atoms with Crippen molar-refractivity contribution in [2.45, 2.75) is 27.3 Å². The van der Waals surface area contributed by atoms with E-state index in [4.69, 9.17) is 4.74 Å². The highest BCUT2D eigenvalue weighted by atomic mass is 16.5. The number of hydrogen-bond donors (Lipinski definition) is 2. The number of methoxy groups -OCH3 is 1. The maximum atomic E-state index is 12.6. The molecule has 134 valence electrons. The zero-order valence-electron chi connectivity index (χ0n) is 15.6. The van der Waals surface area contributed by atoms with Crippen LogP contribution in [0, 0.1) is 20.8 Å². The fraction of sp³-hybridized carbons (Fsp3) is 0.227. The molecule has 0 atom stereocenters. The Hall–Kier alpha value is -3.01. The lowest BCUT2D eigenvalue weighted by atomic mass is 10.0. The number of amides is 1. The van der Waals surface area contributed by atoms with Gasteiger partial charge in [-0.3, -0.25) is 4.79 Å². The van der Waals surface area contributed by atoms with Crippen LogP contribution in [0.25, 0.3) is 11.3 Å². The van der Waals surface area contributed by atoms with Crippen molar-refractivity contribution in [2.24, 2.45) is 0 Å². The summed E-state index contributed by atoms with van der Waals surface area (Å²) in [6.07, 6.45) is 0. The molecule has 0 radical (unpaired) electrons. The highest BCUT2D eigenvalue weighted by molar-refractivity contribution is 5.96. The largest absolute Gasteiger partial charge is 0.496 e. The van der Waals surface area contributed by atoms with Crippen molar-refractivity contribution in [3.63, 3.8) is 0 Å². The fourth-order valence-corrected chi connectivity index (χ4v) is 2.98. The number of hydrogen-bond acceptors (Lipinski definition) is 2. The van der Waals surface area contributed by atoms with Gasteiger partial charge < -0.3 is 15.0 Å². The van der Waals surface area contributed by atoms with E-state index in [1.165, 1.54) is 11.1 Å². The van der Waals surface area contributed by atoms with E-state index in [9.17, 15) is 4.79 Å². The van der Waals surface area contributed by atoms with Crippen LogP contribution in [-0.2, 0) is 6.54 Å². The fourth-order valence-electron chi connectivity index (χ4n) is 2.98. The molecule has 4 heteroatoms. The monoisotopic (exact) mass is 348 g/mol. The van der Waals surface area contributed by atoms with Crippen LogP contribution in [0.3, 0.4) is 0 Å². The summed E-state index contributed by atoms with van der Waals surface area (Å²) in [5.41, 5.74) is 6.99. The predicted octanol–water partition coefficient (Wildman–Crippen LogP) is 4.55. The Labute approximate surface area is 154 Å². The second-order valence-electron chi connectivity index (χ2n) is 6.52. The lowest BCUT2D eigenvalue weighted by molar-refractivity contribution is 0.0950. The number of benzene rings is 2. The number of nitrogens with one attached hydrogen (secondary N) is 2. The summed E-state index contributed by atoms with van der Waals surface area (Å²) >= 11 is 0. The van der Waals surface area contributed by atoms with E-state index in [-0.39, 0.29) is 5.91 Å². The average molecular weight is 348 g/mol. The first kappa shape index (κ1) is 17.8. The standard InChI is InChI=1S/C22H24N2O2/c1-14-9-10-17(11-15(14)2)20-12-19(16(3)24-20)22(25)23-13-18-7-5-6-8-21(18)26-4/h5-12,24H,13H2,1-4H3,(H,23,25). The molecule has 4 nitrogen and oxygen atoms in total. The molecule has 0 saturated carbocycles. The zero-order chi connectivity index (χ0) is 18.7. The van der Waals surface area contributed by atoms with Gasteiger partial charge >= 0.3 is 0 Å². The van der Waals surface area contributed by atoms with Crippen molar-refractivity contribution >= 4 is 5.91 Å². The molecule has 0 saturated heterocycles. The highest BCUT2D eigenvalue weighted by Gasteiger charge is 2.14. The number of ether oxygens (including phenoxy) is 1. The van der Waals surface area contributed by atoms with Crippen molar-refractivity contribution in [1.82, 2.24) is 10.3 Å². The SMILES string of the molecule is COc1ccccc1CNC(=O)c1cc(-c2ccc(C)c(C)c2)[nH]c1C. The number of carbonyl (C=O) groups is 1. The second-order valence-corrected chi connectivity index (χ2v) is 6.52. The van der Waals surface area contributed by atoms with E-state index in [0.717, 1.165) is 28.3 Å². The first-order valence-electron chi connectivity index (χ1n) is 8.67. The summed E-state index contributed by atoms with van der Waals surface area (Å²) in [7, 11) is 1.63. The number of para-hydroxylation sites is 1. The van der Waals surface area contributed by atoms with Crippen molar-refractivity contribution in [3.05, 3.63) is 76.5 Å². The Bertz CT molecular complexity index is 941. The van der Waals surface area contributed by atoms with Gasteiger partial charge in [-0.15, -0.1) is 0 Å². The molecule has 0 unspecified atom stereocenters. The van der Waals surface area contributed by atoms with E-state index >= 15 is 0 Å². The van der Waals surface area contributed by atoms with Crippen LogP contribution in [0.1, 0.15) is 32.7 Å². The predicted molar refractivity (Wildman–Crippen MR) is 105 cm³/mol. The summed E-state index contributed by atoms with van der Waals surface area (Å²) in [5.74, 6) is 0.675. The van der Waals surface area contributed by atoms with Crippen LogP contribution in [0.15, 0.2) is 48.5 Å². The minimum atomic E-state index is -0.0975. The summed E-state index contributed by atoms with van der Waals surface area (Å²) < 4.78 is 5.33. The third-order valence-electron chi connectivity index (χ3n) is 4.71. The van der Waals surface area contributed by atoms with E-state index in [1.54, 1.807) is 7.11 Å². The van der Waals surface area contributed by atoms with Gasteiger partial charge in [0.25, 0.3) is 5.91 Å². The summed E-state index contributed by atoms with van der Waals surface area (Å²) in [6, 6.07) is 15.9. The second kappa shape index (κ2) is 7.48. The van der Waals surface area contributed by atoms with Gasteiger partial charge in [-0.1, -0.05) is 30.3 Å². The molecule has 0 aliphatic heterocycles. The Morgan fingerprint density at radius 3 is 2.54 bits per heavy atom. The van der Waals surface area contributed by atoms with Crippen molar-refractivity contribution in [3.8, 4) is 17.0 Å². The number of rotatable bonds is 5. The molecule has 26 heavy (non-hydrogen) atoms. The van der Waals surface area contributed by atoms with Gasteiger partial charge in [-0.05, 0) is 55.7 Å². The molecule has 1 aromatic heterocycles. The van der Waals surface area contributed by atoms with Crippen molar-refractivity contribution < 1.29 is 9.53 Å². The Balaban J connectivity index is 1.78. The van der Waals surface area contributed by atoms with Crippen LogP contribution >= 0.6 is 0 Å². The van der Waals surface area contributed by atoms with Crippen LogP contribution < -0.4 is 10.1 Å². The van der Waals surface area contributed by atoms with Crippen molar-refractivity contribution in [1.29, 1.82) is 0 Å². The molecule has 2 aromatic carbocycles. The molecule has 0 spiro atoms. The topological polar surface area (TPSA) is 54.1 Å². The van der Waals surface area contributed by atoms with Gasteiger partial charge in [-0.2, -0.15) is 0 Å². The zero-order valence-corrected chi connectivity index (χ0v) is 15.6. The lowest BCUT2D eigenvalue weighted by Gasteiger charge is -2.09.